The second-order valence-corrected chi connectivity index (χ2v) is 8.86. The standard InChI is InChI=1S/C25H32F4/c1-2-3-4-18-5-7-19(8-6-18)20-9-11-21(12-10-20)22-13-15-23(16-14-22)24(26)17-25(27,28)29/h2,5-8,17,20-23H,1,3-4,9-16H2. The summed E-state index contributed by atoms with van der Waals surface area (Å²) in [5, 5.41) is 0. The van der Waals surface area contributed by atoms with Crippen molar-refractivity contribution >= 4 is 0 Å². The van der Waals surface area contributed by atoms with Crippen LogP contribution in [0.3, 0.4) is 0 Å². The molecule has 0 saturated heterocycles. The van der Waals surface area contributed by atoms with Gasteiger partial charge in [0, 0.05) is 5.92 Å². The van der Waals surface area contributed by atoms with Gasteiger partial charge in [-0.05, 0) is 93.1 Å². The van der Waals surface area contributed by atoms with E-state index in [1.807, 2.05) is 6.08 Å². The van der Waals surface area contributed by atoms with Crippen molar-refractivity contribution in [2.45, 2.75) is 76.3 Å². The van der Waals surface area contributed by atoms with Gasteiger partial charge in [-0.15, -0.1) is 6.58 Å². The van der Waals surface area contributed by atoms with Gasteiger partial charge in [-0.25, -0.2) is 4.39 Å². The predicted molar refractivity (Wildman–Crippen MR) is 110 cm³/mol. The summed E-state index contributed by atoms with van der Waals surface area (Å²) >= 11 is 0. The number of aryl methyl sites for hydroxylation is 1. The van der Waals surface area contributed by atoms with E-state index < -0.39 is 17.9 Å². The van der Waals surface area contributed by atoms with Crippen molar-refractivity contribution in [3.05, 3.63) is 60.0 Å². The Hall–Kier alpha value is -1.58. The summed E-state index contributed by atoms with van der Waals surface area (Å²) < 4.78 is 50.9. The Morgan fingerprint density at radius 2 is 1.45 bits per heavy atom. The molecule has 0 nitrogen and oxygen atoms in total. The van der Waals surface area contributed by atoms with Crippen LogP contribution >= 0.6 is 0 Å². The highest BCUT2D eigenvalue weighted by atomic mass is 19.4. The van der Waals surface area contributed by atoms with E-state index in [-0.39, 0.29) is 6.08 Å². The summed E-state index contributed by atoms with van der Waals surface area (Å²) in [4.78, 5) is 0. The van der Waals surface area contributed by atoms with Crippen molar-refractivity contribution < 1.29 is 17.6 Å². The molecule has 1 aromatic rings. The van der Waals surface area contributed by atoms with E-state index in [2.05, 4.69) is 30.8 Å². The number of hydrogen-bond donors (Lipinski definition) is 0. The maximum absolute atomic E-state index is 13.8. The van der Waals surface area contributed by atoms with E-state index in [9.17, 15) is 17.6 Å². The van der Waals surface area contributed by atoms with E-state index in [4.69, 9.17) is 0 Å². The number of allylic oxidation sites excluding steroid dienone is 3. The fourth-order valence-corrected chi connectivity index (χ4v) is 5.29. The molecule has 0 heterocycles. The zero-order valence-electron chi connectivity index (χ0n) is 17.1. The van der Waals surface area contributed by atoms with Gasteiger partial charge in [0.2, 0.25) is 0 Å². The highest BCUT2D eigenvalue weighted by molar-refractivity contribution is 5.26. The number of hydrogen-bond acceptors (Lipinski definition) is 0. The molecule has 0 amide bonds. The molecular formula is C25H32F4. The van der Waals surface area contributed by atoms with Gasteiger partial charge in [0.05, 0.1) is 6.08 Å². The van der Waals surface area contributed by atoms with Crippen LogP contribution in [0, 0.1) is 17.8 Å². The molecule has 29 heavy (non-hydrogen) atoms. The molecule has 2 aliphatic carbocycles. The fraction of sp³-hybridized carbons (Fsp3) is 0.600. The minimum Gasteiger partial charge on any atom is -0.212 e. The first-order chi connectivity index (χ1) is 13.9. The quantitative estimate of drug-likeness (QED) is 0.328. The average Bonchev–Trinajstić information content (AvgIpc) is 2.72. The zero-order valence-corrected chi connectivity index (χ0v) is 17.1. The fourth-order valence-electron chi connectivity index (χ4n) is 5.29. The van der Waals surface area contributed by atoms with Crippen LogP contribution in [-0.4, -0.2) is 6.18 Å². The average molecular weight is 409 g/mol. The molecule has 3 rings (SSSR count). The summed E-state index contributed by atoms with van der Waals surface area (Å²) in [6, 6.07) is 9.00. The maximum atomic E-state index is 13.8. The molecule has 1 aromatic carbocycles. The van der Waals surface area contributed by atoms with E-state index in [1.54, 1.807) is 0 Å². The van der Waals surface area contributed by atoms with Gasteiger partial charge in [-0.1, -0.05) is 30.3 Å². The Kier molecular flexibility index (Phi) is 7.59. The lowest BCUT2D eigenvalue weighted by molar-refractivity contribution is -0.0821. The van der Waals surface area contributed by atoms with Crippen LogP contribution in [0.1, 0.15) is 74.8 Å². The Morgan fingerprint density at radius 3 is 1.97 bits per heavy atom. The molecule has 0 unspecified atom stereocenters. The molecule has 0 aliphatic heterocycles. The first-order valence-electron chi connectivity index (χ1n) is 11.0. The van der Waals surface area contributed by atoms with Gasteiger partial charge in [0.25, 0.3) is 0 Å². The molecule has 2 aliphatic rings. The van der Waals surface area contributed by atoms with E-state index in [0.29, 0.717) is 30.6 Å². The molecule has 0 atom stereocenters. The van der Waals surface area contributed by atoms with Gasteiger partial charge >= 0.3 is 6.18 Å². The molecule has 0 aromatic heterocycles. The zero-order chi connectivity index (χ0) is 20.9. The third-order valence-corrected chi connectivity index (χ3v) is 6.99. The normalized spacial score (nSPS) is 28.9. The summed E-state index contributed by atoms with van der Waals surface area (Å²) in [5.41, 5.74) is 2.78. The van der Waals surface area contributed by atoms with Crippen LogP contribution in [0.4, 0.5) is 17.6 Å². The third kappa shape index (κ3) is 6.45. The van der Waals surface area contributed by atoms with Gasteiger partial charge in [-0.3, -0.25) is 0 Å². The van der Waals surface area contributed by atoms with E-state index >= 15 is 0 Å². The molecule has 0 bridgehead atoms. The van der Waals surface area contributed by atoms with Crippen LogP contribution in [0.2, 0.25) is 0 Å². The Balaban J connectivity index is 1.45. The second-order valence-electron chi connectivity index (χ2n) is 8.86. The molecule has 0 spiro atoms. The maximum Gasteiger partial charge on any atom is 0.412 e. The highest BCUT2D eigenvalue weighted by Gasteiger charge is 2.34. The minimum absolute atomic E-state index is 0.147. The SMILES string of the molecule is C=CCCc1ccc(C2CCC(C3CCC(C(F)=CC(F)(F)F)CC3)CC2)cc1. The van der Waals surface area contributed by atoms with Crippen LogP contribution in [0.25, 0.3) is 0 Å². The number of alkyl halides is 3. The second kappa shape index (κ2) is 9.95. The van der Waals surface area contributed by atoms with Crippen LogP contribution in [-0.2, 0) is 6.42 Å². The van der Waals surface area contributed by atoms with Gasteiger partial charge in [-0.2, -0.15) is 13.2 Å². The predicted octanol–water partition coefficient (Wildman–Crippen LogP) is 8.30. The van der Waals surface area contributed by atoms with Gasteiger partial charge < -0.3 is 0 Å². The third-order valence-electron chi connectivity index (χ3n) is 6.99. The molecule has 4 heteroatoms. The molecular weight excluding hydrogens is 376 g/mol. The van der Waals surface area contributed by atoms with Crippen molar-refractivity contribution in [2.24, 2.45) is 17.8 Å². The number of halogens is 4. The van der Waals surface area contributed by atoms with E-state index in [0.717, 1.165) is 25.7 Å². The number of rotatable bonds is 6. The van der Waals surface area contributed by atoms with Gasteiger partial charge in [0.15, 0.2) is 0 Å². The van der Waals surface area contributed by atoms with Crippen LogP contribution in [0.5, 0.6) is 0 Å². The first kappa shape index (κ1) is 22.1. The lowest BCUT2D eigenvalue weighted by Crippen LogP contribution is -2.25. The molecule has 160 valence electrons. The topological polar surface area (TPSA) is 0 Å². The Bertz CT molecular complexity index is 670. The molecule has 0 radical (unpaired) electrons. The van der Waals surface area contributed by atoms with Crippen LogP contribution < -0.4 is 0 Å². The van der Waals surface area contributed by atoms with Crippen molar-refractivity contribution in [3.8, 4) is 0 Å². The van der Waals surface area contributed by atoms with E-state index in [1.165, 1.54) is 36.8 Å². The lowest BCUT2D eigenvalue weighted by Gasteiger charge is -2.37. The molecule has 2 fully saturated rings. The smallest absolute Gasteiger partial charge is 0.212 e. The van der Waals surface area contributed by atoms with Crippen molar-refractivity contribution in [1.29, 1.82) is 0 Å². The Labute approximate surface area is 172 Å². The molecule has 2 saturated carbocycles. The first-order valence-corrected chi connectivity index (χ1v) is 11.0. The van der Waals surface area contributed by atoms with Crippen LogP contribution in [0.15, 0.2) is 48.8 Å². The summed E-state index contributed by atoms with van der Waals surface area (Å²) in [7, 11) is 0. The van der Waals surface area contributed by atoms with Crippen molar-refractivity contribution in [1.82, 2.24) is 0 Å². The van der Waals surface area contributed by atoms with Crippen molar-refractivity contribution in [3.63, 3.8) is 0 Å². The largest absolute Gasteiger partial charge is 0.412 e. The van der Waals surface area contributed by atoms with Crippen molar-refractivity contribution in [2.75, 3.05) is 0 Å². The summed E-state index contributed by atoms with van der Waals surface area (Å²) in [5.74, 6) is 0.295. The van der Waals surface area contributed by atoms with Gasteiger partial charge in [0.1, 0.15) is 5.83 Å². The molecule has 0 N–H and O–H groups in total. The lowest BCUT2D eigenvalue weighted by atomic mass is 9.68. The Morgan fingerprint density at radius 1 is 0.897 bits per heavy atom. The summed E-state index contributed by atoms with van der Waals surface area (Å²) in [6.45, 7) is 3.77. The number of benzene rings is 1. The summed E-state index contributed by atoms with van der Waals surface area (Å²) in [6.07, 6.45) is 6.83. The highest BCUT2D eigenvalue weighted by Crippen LogP contribution is 2.45. The monoisotopic (exact) mass is 408 g/mol. The minimum atomic E-state index is -4.55.